The topological polar surface area (TPSA) is 41.6 Å². The first kappa shape index (κ1) is 14.9. The van der Waals surface area contributed by atoms with Crippen molar-refractivity contribution in [1.29, 1.82) is 0 Å². The van der Waals surface area contributed by atoms with Crippen LogP contribution in [-0.4, -0.2) is 32.7 Å². The van der Waals surface area contributed by atoms with E-state index in [-0.39, 0.29) is 11.9 Å². The fourth-order valence-corrected chi connectivity index (χ4v) is 2.81. The smallest absolute Gasteiger partial charge is 0.243 e. The Morgan fingerprint density at radius 2 is 2.20 bits per heavy atom. The minimum absolute atomic E-state index is 0.0800. The molecular weight excluding hydrogens is 252 g/mol. The second-order valence-electron chi connectivity index (χ2n) is 5.37. The molecule has 0 aromatic heterocycles. The number of para-hydroxylation sites is 2. The molecule has 1 aromatic carbocycles. The first-order chi connectivity index (χ1) is 9.67. The summed E-state index contributed by atoms with van der Waals surface area (Å²) in [4.78, 5) is 14.3. The highest BCUT2D eigenvalue weighted by molar-refractivity contribution is 5.98. The molecule has 0 spiro atoms. The number of benzene rings is 1. The van der Waals surface area contributed by atoms with E-state index in [9.17, 15) is 4.79 Å². The van der Waals surface area contributed by atoms with Crippen LogP contribution in [0.2, 0.25) is 0 Å². The summed E-state index contributed by atoms with van der Waals surface area (Å²) in [5, 5.41) is 3.34. The Labute approximate surface area is 121 Å². The number of methoxy groups -OCH3 is 1. The summed E-state index contributed by atoms with van der Waals surface area (Å²) in [5.41, 5.74) is 0.820. The molecule has 2 rings (SSSR count). The fourth-order valence-electron chi connectivity index (χ4n) is 2.81. The quantitative estimate of drug-likeness (QED) is 0.918. The van der Waals surface area contributed by atoms with Crippen LogP contribution in [0.4, 0.5) is 5.69 Å². The summed E-state index contributed by atoms with van der Waals surface area (Å²) in [6, 6.07) is 7.54. The molecule has 110 valence electrons. The predicted molar refractivity (Wildman–Crippen MR) is 81.2 cm³/mol. The van der Waals surface area contributed by atoms with Crippen molar-refractivity contribution in [2.45, 2.75) is 32.2 Å². The highest BCUT2D eigenvalue weighted by Crippen LogP contribution is 2.28. The second kappa shape index (κ2) is 6.75. The van der Waals surface area contributed by atoms with E-state index in [0.29, 0.717) is 5.92 Å². The third-order valence-electron chi connectivity index (χ3n) is 4.16. The Morgan fingerprint density at radius 1 is 1.45 bits per heavy atom. The maximum absolute atomic E-state index is 12.6. The van der Waals surface area contributed by atoms with Crippen molar-refractivity contribution in [3.05, 3.63) is 24.3 Å². The molecule has 0 radical (unpaired) electrons. The van der Waals surface area contributed by atoms with Crippen molar-refractivity contribution in [1.82, 2.24) is 5.32 Å². The van der Waals surface area contributed by atoms with Gasteiger partial charge in [0.05, 0.1) is 18.8 Å². The van der Waals surface area contributed by atoms with E-state index >= 15 is 0 Å². The molecule has 1 fully saturated rings. The Hall–Kier alpha value is -1.55. The maximum atomic E-state index is 12.6. The molecule has 0 bridgehead atoms. The number of carbonyl (C=O) groups excluding carboxylic acids is 1. The zero-order chi connectivity index (χ0) is 14.5. The Balaban J connectivity index is 2.11. The summed E-state index contributed by atoms with van der Waals surface area (Å²) in [5.74, 6) is 1.50. The average Bonchev–Trinajstić information content (AvgIpc) is 2.53. The molecule has 1 heterocycles. The number of amides is 1. The van der Waals surface area contributed by atoms with Crippen LogP contribution in [-0.2, 0) is 4.79 Å². The van der Waals surface area contributed by atoms with Crippen molar-refractivity contribution in [2.75, 3.05) is 25.6 Å². The molecule has 1 saturated heterocycles. The average molecular weight is 276 g/mol. The van der Waals surface area contributed by atoms with Crippen LogP contribution in [0.1, 0.15) is 26.2 Å². The van der Waals surface area contributed by atoms with Crippen molar-refractivity contribution < 1.29 is 9.53 Å². The number of carbonyl (C=O) groups is 1. The largest absolute Gasteiger partial charge is 0.495 e. The summed E-state index contributed by atoms with van der Waals surface area (Å²) in [6.07, 6.45) is 3.23. The SMILES string of the molecule is CCC1CCNC(C(=O)N(C)c2ccccc2OC)C1. The number of likely N-dealkylation sites (N-methyl/N-ethyl adjacent to an activating group) is 1. The van der Waals surface area contributed by atoms with E-state index in [2.05, 4.69) is 12.2 Å². The Morgan fingerprint density at radius 3 is 2.90 bits per heavy atom. The second-order valence-corrected chi connectivity index (χ2v) is 5.37. The zero-order valence-corrected chi connectivity index (χ0v) is 12.6. The predicted octanol–water partition coefficient (Wildman–Crippen LogP) is 2.44. The molecule has 20 heavy (non-hydrogen) atoms. The van der Waals surface area contributed by atoms with Crippen LogP contribution in [0.3, 0.4) is 0 Å². The van der Waals surface area contributed by atoms with Gasteiger partial charge >= 0.3 is 0 Å². The lowest BCUT2D eigenvalue weighted by molar-refractivity contribution is -0.121. The van der Waals surface area contributed by atoms with E-state index < -0.39 is 0 Å². The van der Waals surface area contributed by atoms with Gasteiger partial charge in [0, 0.05) is 7.05 Å². The van der Waals surface area contributed by atoms with E-state index in [4.69, 9.17) is 4.74 Å². The van der Waals surface area contributed by atoms with Crippen molar-refractivity contribution in [3.8, 4) is 5.75 Å². The number of nitrogens with one attached hydrogen (secondary N) is 1. The third kappa shape index (κ3) is 3.12. The van der Waals surface area contributed by atoms with Crippen LogP contribution in [0.25, 0.3) is 0 Å². The van der Waals surface area contributed by atoms with Gasteiger partial charge in [0.25, 0.3) is 0 Å². The molecule has 0 saturated carbocycles. The van der Waals surface area contributed by atoms with Crippen molar-refractivity contribution in [3.63, 3.8) is 0 Å². The first-order valence-corrected chi connectivity index (χ1v) is 7.31. The normalized spacial score (nSPS) is 22.4. The van der Waals surface area contributed by atoms with Gasteiger partial charge in [-0.25, -0.2) is 0 Å². The number of rotatable bonds is 4. The first-order valence-electron chi connectivity index (χ1n) is 7.31. The molecule has 2 unspecified atom stereocenters. The van der Waals surface area contributed by atoms with Crippen molar-refractivity contribution in [2.24, 2.45) is 5.92 Å². The van der Waals surface area contributed by atoms with Crippen LogP contribution >= 0.6 is 0 Å². The van der Waals surface area contributed by atoms with Gasteiger partial charge in [0.1, 0.15) is 5.75 Å². The minimum Gasteiger partial charge on any atom is -0.495 e. The van der Waals surface area contributed by atoms with Gasteiger partial charge in [-0.3, -0.25) is 4.79 Å². The van der Waals surface area contributed by atoms with Gasteiger partial charge in [-0.05, 0) is 37.4 Å². The lowest BCUT2D eigenvalue weighted by atomic mass is 9.90. The summed E-state index contributed by atoms with van der Waals surface area (Å²) < 4.78 is 5.33. The summed E-state index contributed by atoms with van der Waals surface area (Å²) >= 11 is 0. The molecular formula is C16H24N2O2. The fraction of sp³-hybridized carbons (Fsp3) is 0.562. The van der Waals surface area contributed by atoms with Gasteiger partial charge in [0.15, 0.2) is 0 Å². The van der Waals surface area contributed by atoms with E-state index in [1.807, 2.05) is 31.3 Å². The number of ether oxygens (including phenoxy) is 1. The lowest BCUT2D eigenvalue weighted by Gasteiger charge is -2.32. The molecule has 2 atom stereocenters. The molecule has 1 aliphatic heterocycles. The number of anilines is 1. The molecule has 1 aromatic rings. The van der Waals surface area contributed by atoms with E-state index in [1.165, 1.54) is 6.42 Å². The third-order valence-corrected chi connectivity index (χ3v) is 4.16. The summed E-state index contributed by atoms with van der Waals surface area (Å²) in [7, 11) is 3.44. The highest BCUT2D eigenvalue weighted by Gasteiger charge is 2.29. The van der Waals surface area contributed by atoms with Gasteiger partial charge < -0.3 is 15.0 Å². The van der Waals surface area contributed by atoms with Crippen LogP contribution in [0.5, 0.6) is 5.75 Å². The number of piperidine rings is 1. The minimum atomic E-state index is -0.0800. The molecule has 4 heteroatoms. The molecule has 1 N–H and O–H groups in total. The summed E-state index contributed by atoms with van der Waals surface area (Å²) in [6.45, 7) is 3.12. The number of hydrogen-bond acceptors (Lipinski definition) is 3. The van der Waals surface area contributed by atoms with Crippen LogP contribution in [0, 0.1) is 5.92 Å². The van der Waals surface area contributed by atoms with Gasteiger partial charge in [-0.2, -0.15) is 0 Å². The van der Waals surface area contributed by atoms with Gasteiger partial charge in [-0.15, -0.1) is 0 Å². The number of nitrogens with zero attached hydrogens (tertiary/aromatic N) is 1. The Bertz CT molecular complexity index is 462. The van der Waals surface area contributed by atoms with Gasteiger partial charge in [0.2, 0.25) is 5.91 Å². The van der Waals surface area contributed by atoms with Crippen molar-refractivity contribution >= 4 is 11.6 Å². The van der Waals surface area contributed by atoms with Gasteiger partial charge in [-0.1, -0.05) is 25.5 Å². The molecule has 1 amide bonds. The zero-order valence-electron chi connectivity index (χ0n) is 12.6. The van der Waals surface area contributed by atoms with Crippen LogP contribution < -0.4 is 15.0 Å². The molecule has 4 nitrogen and oxygen atoms in total. The molecule has 1 aliphatic rings. The van der Waals surface area contributed by atoms with E-state index in [0.717, 1.165) is 30.8 Å². The maximum Gasteiger partial charge on any atom is 0.243 e. The number of hydrogen-bond donors (Lipinski definition) is 1. The standard InChI is InChI=1S/C16H24N2O2/c1-4-12-9-10-17-13(11-12)16(19)18(2)14-7-5-6-8-15(14)20-3/h5-8,12-13,17H,4,9-11H2,1-3H3. The highest BCUT2D eigenvalue weighted by atomic mass is 16.5. The Kier molecular flexibility index (Phi) is 5.01. The van der Waals surface area contributed by atoms with E-state index in [1.54, 1.807) is 12.0 Å². The lowest BCUT2D eigenvalue weighted by Crippen LogP contribution is -2.49. The molecule has 0 aliphatic carbocycles. The van der Waals surface area contributed by atoms with Crippen LogP contribution in [0.15, 0.2) is 24.3 Å². The monoisotopic (exact) mass is 276 g/mol.